The number of nitrogens with zero attached hydrogens (tertiary/aromatic N) is 3. The second-order valence-electron chi connectivity index (χ2n) is 6.28. The van der Waals surface area contributed by atoms with Gasteiger partial charge in [-0.1, -0.05) is 25.1 Å². The number of para-hydroxylation sites is 1. The van der Waals surface area contributed by atoms with E-state index < -0.39 is 0 Å². The average molecular weight is 327 g/mol. The van der Waals surface area contributed by atoms with E-state index in [4.69, 9.17) is 4.74 Å². The molecule has 24 heavy (non-hydrogen) atoms. The van der Waals surface area contributed by atoms with Crippen molar-refractivity contribution < 1.29 is 9.53 Å². The lowest BCUT2D eigenvalue weighted by atomic mass is 9.93. The van der Waals surface area contributed by atoms with Crippen LogP contribution in [0.3, 0.4) is 0 Å². The number of rotatable bonds is 5. The summed E-state index contributed by atoms with van der Waals surface area (Å²) in [5.74, 6) is 1.38. The lowest BCUT2D eigenvalue weighted by Crippen LogP contribution is -2.40. The van der Waals surface area contributed by atoms with Crippen LogP contribution in [0.5, 0.6) is 5.75 Å². The Hall–Kier alpha value is -2.30. The minimum atomic E-state index is 0.0735. The number of carbonyl (C=O) groups is 1. The molecule has 0 aliphatic carbocycles. The molecule has 2 heterocycles. The SMILES string of the molecule is CCc1ccccc1OCC(=O)N1CCC(c2ccnn2C)CC1. The molecular formula is C19H25N3O2. The van der Waals surface area contributed by atoms with Gasteiger partial charge in [-0.3, -0.25) is 9.48 Å². The Morgan fingerprint density at radius 2 is 2.00 bits per heavy atom. The first kappa shape index (κ1) is 16.6. The Morgan fingerprint density at radius 3 is 2.67 bits per heavy atom. The molecule has 5 nitrogen and oxygen atoms in total. The third kappa shape index (κ3) is 3.61. The van der Waals surface area contributed by atoms with Crippen LogP contribution in [0.2, 0.25) is 0 Å². The summed E-state index contributed by atoms with van der Waals surface area (Å²) in [6.07, 6.45) is 4.71. The van der Waals surface area contributed by atoms with Gasteiger partial charge in [-0.15, -0.1) is 0 Å². The van der Waals surface area contributed by atoms with Crippen molar-refractivity contribution >= 4 is 5.91 Å². The van der Waals surface area contributed by atoms with Crippen molar-refractivity contribution in [1.82, 2.24) is 14.7 Å². The first-order valence-corrected chi connectivity index (χ1v) is 8.65. The molecule has 3 rings (SSSR count). The van der Waals surface area contributed by atoms with E-state index in [1.807, 2.05) is 47.1 Å². The van der Waals surface area contributed by atoms with Gasteiger partial charge in [-0.25, -0.2) is 0 Å². The second-order valence-corrected chi connectivity index (χ2v) is 6.28. The molecule has 0 N–H and O–H groups in total. The quantitative estimate of drug-likeness (QED) is 0.848. The Bertz CT molecular complexity index is 687. The highest BCUT2D eigenvalue weighted by Crippen LogP contribution is 2.27. The van der Waals surface area contributed by atoms with Crippen molar-refractivity contribution in [2.75, 3.05) is 19.7 Å². The van der Waals surface area contributed by atoms with Gasteiger partial charge in [-0.2, -0.15) is 5.10 Å². The fourth-order valence-corrected chi connectivity index (χ4v) is 3.38. The van der Waals surface area contributed by atoms with Crippen LogP contribution < -0.4 is 4.74 Å². The van der Waals surface area contributed by atoms with Crippen molar-refractivity contribution in [3.05, 3.63) is 47.8 Å². The fourth-order valence-electron chi connectivity index (χ4n) is 3.38. The molecule has 0 atom stereocenters. The zero-order valence-corrected chi connectivity index (χ0v) is 14.4. The van der Waals surface area contributed by atoms with E-state index in [1.54, 1.807) is 0 Å². The van der Waals surface area contributed by atoms with Crippen LogP contribution in [0.15, 0.2) is 36.5 Å². The summed E-state index contributed by atoms with van der Waals surface area (Å²) in [6, 6.07) is 9.99. The van der Waals surface area contributed by atoms with Crippen molar-refractivity contribution in [2.24, 2.45) is 7.05 Å². The lowest BCUT2D eigenvalue weighted by molar-refractivity contribution is -0.134. The predicted octanol–water partition coefficient (Wildman–Crippen LogP) is 2.77. The maximum Gasteiger partial charge on any atom is 0.260 e. The lowest BCUT2D eigenvalue weighted by Gasteiger charge is -2.32. The number of benzene rings is 1. The number of amides is 1. The Balaban J connectivity index is 1.51. The van der Waals surface area contributed by atoms with Crippen LogP contribution in [-0.4, -0.2) is 40.3 Å². The van der Waals surface area contributed by atoms with Crippen LogP contribution in [0.25, 0.3) is 0 Å². The van der Waals surface area contributed by atoms with Crippen LogP contribution in [0.4, 0.5) is 0 Å². The van der Waals surface area contributed by atoms with Crippen molar-refractivity contribution in [2.45, 2.75) is 32.1 Å². The molecule has 0 radical (unpaired) electrons. The normalized spacial score (nSPS) is 15.5. The van der Waals surface area contributed by atoms with E-state index in [2.05, 4.69) is 18.1 Å². The molecule has 1 aromatic heterocycles. The van der Waals surface area contributed by atoms with E-state index in [-0.39, 0.29) is 12.5 Å². The molecule has 0 bridgehead atoms. The average Bonchev–Trinajstić information content (AvgIpc) is 3.06. The van der Waals surface area contributed by atoms with Crippen molar-refractivity contribution in [3.8, 4) is 5.75 Å². The highest BCUT2D eigenvalue weighted by atomic mass is 16.5. The van der Waals surface area contributed by atoms with Gasteiger partial charge in [0.15, 0.2) is 6.61 Å². The summed E-state index contributed by atoms with van der Waals surface area (Å²) in [5.41, 5.74) is 2.40. The van der Waals surface area contributed by atoms with Gasteiger partial charge in [0, 0.05) is 37.9 Å². The first-order chi connectivity index (χ1) is 11.7. The van der Waals surface area contributed by atoms with Crippen molar-refractivity contribution in [3.63, 3.8) is 0 Å². The molecule has 128 valence electrons. The van der Waals surface area contributed by atoms with E-state index in [1.165, 1.54) is 5.69 Å². The smallest absolute Gasteiger partial charge is 0.260 e. The molecule has 1 amide bonds. The topological polar surface area (TPSA) is 47.4 Å². The highest BCUT2D eigenvalue weighted by molar-refractivity contribution is 5.78. The van der Waals surface area contributed by atoms with Crippen molar-refractivity contribution in [1.29, 1.82) is 0 Å². The number of piperidine rings is 1. The molecule has 1 aromatic carbocycles. The first-order valence-electron chi connectivity index (χ1n) is 8.65. The zero-order valence-electron chi connectivity index (χ0n) is 14.4. The summed E-state index contributed by atoms with van der Waals surface area (Å²) in [4.78, 5) is 14.3. The molecule has 0 saturated carbocycles. The largest absolute Gasteiger partial charge is 0.483 e. The number of carbonyl (C=O) groups excluding carboxylic acids is 1. The molecule has 0 spiro atoms. The summed E-state index contributed by atoms with van der Waals surface area (Å²) < 4.78 is 7.69. The maximum atomic E-state index is 12.4. The summed E-state index contributed by atoms with van der Waals surface area (Å²) in [7, 11) is 1.98. The minimum Gasteiger partial charge on any atom is -0.483 e. The van der Waals surface area contributed by atoms with E-state index >= 15 is 0 Å². The van der Waals surface area contributed by atoms with Gasteiger partial charge in [0.25, 0.3) is 5.91 Å². The number of ether oxygens (including phenoxy) is 1. The Morgan fingerprint density at radius 1 is 1.25 bits per heavy atom. The number of aryl methyl sites for hydroxylation is 2. The highest BCUT2D eigenvalue weighted by Gasteiger charge is 2.25. The molecule has 2 aromatic rings. The number of hydrogen-bond acceptors (Lipinski definition) is 3. The summed E-state index contributed by atoms with van der Waals surface area (Å²) in [6.45, 7) is 3.78. The molecule has 0 unspecified atom stereocenters. The summed E-state index contributed by atoms with van der Waals surface area (Å²) in [5, 5.41) is 4.24. The predicted molar refractivity (Wildman–Crippen MR) is 93.1 cm³/mol. The minimum absolute atomic E-state index is 0.0735. The van der Waals surface area contributed by atoms with Crippen LogP contribution >= 0.6 is 0 Å². The molecule has 1 fully saturated rings. The van der Waals surface area contributed by atoms with E-state index in [9.17, 15) is 4.79 Å². The van der Waals surface area contributed by atoms with Gasteiger partial charge >= 0.3 is 0 Å². The monoisotopic (exact) mass is 327 g/mol. The molecule has 1 saturated heterocycles. The molecule has 1 aliphatic heterocycles. The Kier molecular flexibility index (Phi) is 5.18. The van der Waals surface area contributed by atoms with Crippen LogP contribution in [0, 0.1) is 0 Å². The van der Waals surface area contributed by atoms with Gasteiger partial charge in [-0.05, 0) is 37.0 Å². The van der Waals surface area contributed by atoms with E-state index in [0.717, 1.165) is 43.7 Å². The fraction of sp³-hybridized carbons (Fsp3) is 0.474. The molecular weight excluding hydrogens is 302 g/mol. The maximum absolute atomic E-state index is 12.4. The molecule has 5 heteroatoms. The third-order valence-corrected chi connectivity index (χ3v) is 4.83. The molecule has 1 aliphatic rings. The Labute approximate surface area is 143 Å². The van der Waals surface area contributed by atoms with Gasteiger partial charge < -0.3 is 9.64 Å². The summed E-state index contributed by atoms with van der Waals surface area (Å²) >= 11 is 0. The second kappa shape index (κ2) is 7.51. The van der Waals surface area contributed by atoms with Crippen LogP contribution in [-0.2, 0) is 18.3 Å². The van der Waals surface area contributed by atoms with Gasteiger partial charge in [0.1, 0.15) is 5.75 Å². The van der Waals surface area contributed by atoms with E-state index in [0.29, 0.717) is 5.92 Å². The third-order valence-electron chi connectivity index (χ3n) is 4.83. The number of likely N-dealkylation sites (tertiary alicyclic amines) is 1. The van der Waals surface area contributed by atoms with Gasteiger partial charge in [0.05, 0.1) is 0 Å². The number of aromatic nitrogens is 2. The van der Waals surface area contributed by atoms with Gasteiger partial charge in [0.2, 0.25) is 0 Å². The van der Waals surface area contributed by atoms with Crippen LogP contribution in [0.1, 0.15) is 36.9 Å². The standard InChI is InChI=1S/C19H25N3O2/c1-3-15-6-4-5-7-18(15)24-14-19(23)22-12-9-16(10-13-22)17-8-11-20-21(17)2/h4-8,11,16H,3,9-10,12-14H2,1-2H3. The number of hydrogen-bond donors (Lipinski definition) is 0. The zero-order chi connectivity index (χ0) is 16.9.